The fourth-order valence-electron chi connectivity index (χ4n) is 1.63. The molecular formula is C14H20O4. The first-order valence-electron chi connectivity index (χ1n) is 6.23. The van der Waals surface area contributed by atoms with Crippen LogP contribution in [0, 0.1) is 0 Å². The van der Waals surface area contributed by atoms with Crippen molar-refractivity contribution in [3.8, 4) is 11.5 Å². The van der Waals surface area contributed by atoms with Crippen LogP contribution in [0.15, 0.2) is 18.2 Å². The second kappa shape index (κ2) is 7.58. The Morgan fingerprint density at radius 1 is 1.22 bits per heavy atom. The first-order valence-corrected chi connectivity index (χ1v) is 6.23. The van der Waals surface area contributed by atoms with Crippen LogP contribution < -0.4 is 9.47 Å². The number of rotatable bonds is 8. The summed E-state index contributed by atoms with van der Waals surface area (Å²) in [5.41, 5.74) is 0.208. The van der Waals surface area contributed by atoms with E-state index in [1.807, 2.05) is 0 Å². The third-order valence-electron chi connectivity index (χ3n) is 2.67. The van der Waals surface area contributed by atoms with E-state index in [9.17, 15) is 4.79 Å². The van der Waals surface area contributed by atoms with Crippen molar-refractivity contribution in [3.05, 3.63) is 23.8 Å². The maximum atomic E-state index is 10.9. The van der Waals surface area contributed by atoms with Gasteiger partial charge in [-0.2, -0.15) is 0 Å². The molecule has 0 heterocycles. The van der Waals surface area contributed by atoms with Crippen molar-refractivity contribution in [1.82, 2.24) is 0 Å². The van der Waals surface area contributed by atoms with E-state index in [-0.39, 0.29) is 5.56 Å². The summed E-state index contributed by atoms with van der Waals surface area (Å²) in [5.74, 6) is 0.0953. The topological polar surface area (TPSA) is 55.8 Å². The molecule has 0 atom stereocenters. The van der Waals surface area contributed by atoms with Gasteiger partial charge in [-0.3, -0.25) is 0 Å². The van der Waals surface area contributed by atoms with Crippen LogP contribution in [0.1, 0.15) is 43.0 Å². The van der Waals surface area contributed by atoms with Gasteiger partial charge < -0.3 is 14.6 Å². The summed E-state index contributed by atoms with van der Waals surface area (Å²) < 4.78 is 10.7. The average Bonchev–Trinajstić information content (AvgIpc) is 2.38. The standard InChI is InChI=1S/C14H20O4/c1-3-4-5-6-9-18-13-10-11(14(15)16)7-8-12(13)17-2/h7-8,10H,3-6,9H2,1-2H3,(H,15,16). The number of ether oxygens (including phenoxy) is 2. The summed E-state index contributed by atoms with van der Waals surface area (Å²) in [6.45, 7) is 2.74. The Kier molecular flexibility index (Phi) is 6.05. The molecule has 0 aliphatic carbocycles. The van der Waals surface area contributed by atoms with Crippen molar-refractivity contribution in [2.24, 2.45) is 0 Å². The zero-order valence-electron chi connectivity index (χ0n) is 10.9. The molecule has 0 radical (unpaired) electrons. The maximum Gasteiger partial charge on any atom is 0.335 e. The number of carbonyl (C=O) groups is 1. The van der Waals surface area contributed by atoms with E-state index in [0.29, 0.717) is 18.1 Å². The second-order valence-electron chi connectivity index (χ2n) is 4.08. The Hall–Kier alpha value is -1.71. The Morgan fingerprint density at radius 3 is 2.61 bits per heavy atom. The monoisotopic (exact) mass is 252 g/mol. The van der Waals surface area contributed by atoms with Gasteiger partial charge in [-0.05, 0) is 24.6 Å². The molecule has 0 amide bonds. The minimum absolute atomic E-state index is 0.208. The quantitative estimate of drug-likeness (QED) is 0.721. The number of carboxylic acids is 1. The lowest BCUT2D eigenvalue weighted by molar-refractivity contribution is 0.0696. The molecule has 1 aromatic rings. The normalized spacial score (nSPS) is 10.1. The number of benzene rings is 1. The molecule has 100 valence electrons. The Morgan fingerprint density at radius 2 is 2.00 bits per heavy atom. The highest BCUT2D eigenvalue weighted by Gasteiger charge is 2.09. The van der Waals surface area contributed by atoms with Gasteiger partial charge >= 0.3 is 5.97 Å². The van der Waals surface area contributed by atoms with Gasteiger partial charge in [0.15, 0.2) is 11.5 Å². The van der Waals surface area contributed by atoms with Crippen molar-refractivity contribution in [2.75, 3.05) is 13.7 Å². The molecule has 1 aromatic carbocycles. The SMILES string of the molecule is CCCCCCOc1cc(C(=O)O)ccc1OC. The van der Waals surface area contributed by atoms with E-state index < -0.39 is 5.97 Å². The van der Waals surface area contributed by atoms with E-state index in [0.717, 1.165) is 12.8 Å². The zero-order valence-corrected chi connectivity index (χ0v) is 10.9. The highest BCUT2D eigenvalue weighted by atomic mass is 16.5. The molecule has 0 aromatic heterocycles. The largest absolute Gasteiger partial charge is 0.493 e. The summed E-state index contributed by atoms with van der Waals surface area (Å²) in [6, 6.07) is 4.62. The number of aromatic carboxylic acids is 1. The molecule has 0 aliphatic rings. The summed E-state index contributed by atoms with van der Waals surface area (Å²) in [6.07, 6.45) is 4.46. The minimum atomic E-state index is -0.964. The predicted octanol–water partition coefficient (Wildman–Crippen LogP) is 3.35. The lowest BCUT2D eigenvalue weighted by Crippen LogP contribution is -2.02. The number of methoxy groups -OCH3 is 1. The van der Waals surface area contributed by atoms with Gasteiger partial charge in [-0.15, -0.1) is 0 Å². The van der Waals surface area contributed by atoms with Gasteiger partial charge in [0.1, 0.15) is 0 Å². The molecule has 1 rings (SSSR count). The molecule has 4 nitrogen and oxygen atoms in total. The predicted molar refractivity (Wildman–Crippen MR) is 69.6 cm³/mol. The fraction of sp³-hybridized carbons (Fsp3) is 0.500. The Bertz CT molecular complexity index is 387. The third kappa shape index (κ3) is 4.28. The van der Waals surface area contributed by atoms with E-state index >= 15 is 0 Å². The summed E-state index contributed by atoms with van der Waals surface area (Å²) in [5, 5.41) is 8.92. The lowest BCUT2D eigenvalue weighted by Gasteiger charge is -2.11. The van der Waals surface area contributed by atoms with Crippen molar-refractivity contribution >= 4 is 5.97 Å². The molecule has 0 bridgehead atoms. The van der Waals surface area contributed by atoms with Crippen LogP contribution in [0.25, 0.3) is 0 Å². The van der Waals surface area contributed by atoms with Gasteiger partial charge in [0.25, 0.3) is 0 Å². The van der Waals surface area contributed by atoms with Crippen LogP contribution in [0.5, 0.6) is 11.5 Å². The average molecular weight is 252 g/mol. The lowest BCUT2D eigenvalue weighted by atomic mass is 10.2. The smallest absolute Gasteiger partial charge is 0.335 e. The molecule has 1 N–H and O–H groups in total. The molecule has 4 heteroatoms. The summed E-state index contributed by atoms with van der Waals surface area (Å²) in [4.78, 5) is 10.9. The van der Waals surface area contributed by atoms with Gasteiger partial charge in [0, 0.05) is 0 Å². The maximum absolute atomic E-state index is 10.9. The Labute approximate surface area is 108 Å². The molecule has 0 spiro atoms. The molecular weight excluding hydrogens is 232 g/mol. The molecule has 0 saturated heterocycles. The molecule has 18 heavy (non-hydrogen) atoms. The molecule has 0 fully saturated rings. The van der Waals surface area contributed by atoms with E-state index in [1.54, 1.807) is 13.2 Å². The van der Waals surface area contributed by atoms with Gasteiger partial charge in [0.2, 0.25) is 0 Å². The van der Waals surface area contributed by atoms with Crippen LogP contribution in [-0.2, 0) is 0 Å². The molecule has 0 saturated carbocycles. The van der Waals surface area contributed by atoms with E-state index in [2.05, 4.69) is 6.92 Å². The van der Waals surface area contributed by atoms with Gasteiger partial charge in [0.05, 0.1) is 19.3 Å². The van der Waals surface area contributed by atoms with E-state index in [1.165, 1.54) is 25.0 Å². The number of hydrogen-bond acceptors (Lipinski definition) is 3. The van der Waals surface area contributed by atoms with Crippen LogP contribution in [0.2, 0.25) is 0 Å². The number of carboxylic acid groups (broad SMARTS) is 1. The third-order valence-corrected chi connectivity index (χ3v) is 2.67. The van der Waals surface area contributed by atoms with Gasteiger partial charge in [-0.1, -0.05) is 26.2 Å². The minimum Gasteiger partial charge on any atom is -0.493 e. The van der Waals surface area contributed by atoms with Crippen LogP contribution in [-0.4, -0.2) is 24.8 Å². The Balaban J connectivity index is 2.61. The van der Waals surface area contributed by atoms with Crippen LogP contribution in [0.4, 0.5) is 0 Å². The fourth-order valence-corrected chi connectivity index (χ4v) is 1.63. The van der Waals surface area contributed by atoms with Crippen molar-refractivity contribution in [1.29, 1.82) is 0 Å². The molecule has 0 aliphatic heterocycles. The zero-order chi connectivity index (χ0) is 13.4. The highest BCUT2D eigenvalue weighted by molar-refractivity contribution is 5.88. The second-order valence-corrected chi connectivity index (χ2v) is 4.08. The number of hydrogen-bond donors (Lipinski definition) is 1. The summed E-state index contributed by atoms with van der Waals surface area (Å²) in [7, 11) is 1.54. The highest BCUT2D eigenvalue weighted by Crippen LogP contribution is 2.28. The molecule has 0 unspecified atom stereocenters. The number of unbranched alkanes of at least 4 members (excludes halogenated alkanes) is 3. The first-order chi connectivity index (χ1) is 8.69. The van der Waals surface area contributed by atoms with Crippen molar-refractivity contribution < 1.29 is 19.4 Å². The van der Waals surface area contributed by atoms with Crippen LogP contribution in [0.3, 0.4) is 0 Å². The van der Waals surface area contributed by atoms with E-state index in [4.69, 9.17) is 14.6 Å². The van der Waals surface area contributed by atoms with Crippen LogP contribution >= 0.6 is 0 Å². The first kappa shape index (κ1) is 14.4. The van der Waals surface area contributed by atoms with Crippen molar-refractivity contribution in [2.45, 2.75) is 32.6 Å². The van der Waals surface area contributed by atoms with Crippen molar-refractivity contribution in [3.63, 3.8) is 0 Å². The van der Waals surface area contributed by atoms with Gasteiger partial charge in [-0.25, -0.2) is 4.79 Å². The summed E-state index contributed by atoms with van der Waals surface area (Å²) >= 11 is 0.